The van der Waals surface area contributed by atoms with Crippen molar-refractivity contribution in [3.8, 4) is 5.75 Å². The minimum Gasteiger partial charge on any atom is -0.494 e. The van der Waals surface area contributed by atoms with E-state index in [9.17, 15) is 0 Å². The van der Waals surface area contributed by atoms with E-state index >= 15 is 0 Å². The highest BCUT2D eigenvalue weighted by molar-refractivity contribution is 5.39. The van der Waals surface area contributed by atoms with Gasteiger partial charge in [0.1, 0.15) is 5.75 Å². The van der Waals surface area contributed by atoms with Gasteiger partial charge in [-0.15, -0.1) is 0 Å². The number of aryl methyl sites for hydroxylation is 1. The van der Waals surface area contributed by atoms with Gasteiger partial charge in [-0.25, -0.2) is 0 Å². The number of quaternary nitrogens is 1. The third kappa shape index (κ3) is 2.82. The zero-order valence-electron chi connectivity index (χ0n) is 13.7. The number of piperazine rings is 1. The van der Waals surface area contributed by atoms with Crippen LogP contribution in [-0.4, -0.2) is 50.4 Å². The van der Waals surface area contributed by atoms with E-state index in [0.29, 0.717) is 5.92 Å². The van der Waals surface area contributed by atoms with Crippen molar-refractivity contribution in [3.63, 3.8) is 0 Å². The molecule has 1 aliphatic heterocycles. The first-order valence-electron chi connectivity index (χ1n) is 8.44. The minimum atomic E-state index is 0.646. The zero-order valence-corrected chi connectivity index (χ0v) is 13.7. The Kier molecular flexibility index (Phi) is 4.23. The number of ether oxygens (including phenoxy) is 1. The molecule has 2 aliphatic rings. The average molecular weight is 289 g/mol. The van der Waals surface area contributed by atoms with Crippen LogP contribution in [0.25, 0.3) is 0 Å². The van der Waals surface area contributed by atoms with Crippen molar-refractivity contribution in [2.45, 2.75) is 38.6 Å². The van der Waals surface area contributed by atoms with Gasteiger partial charge >= 0.3 is 0 Å². The number of likely N-dealkylation sites (N-methyl/N-ethyl adjacent to an activating group) is 1. The van der Waals surface area contributed by atoms with E-state index in [1.165, 1.54) is 36.0 Å². The van der Waals surface area contributed by atoms with Crippen LogP contribution in [0.15, 0.2) is 18.2 Å². The van der Waals surface area contributed by atoms with Gasteiger partial charge in [0.2, 0.25) is 0 Å². The Hall–Kier alpha value is -1.06. The Bertz CT molecular complexity index is 494. The Morgan fingerprint density at radius 3 is 2.76 bits per heavy atom. The number of fused-ring (bicyclic) bond motifs is 1. The molecule has 2 atom stereocenters. The maximum atomic E-state index is 5.66. The molecule has 0 radical (unpaired) electrons. The lowest BCUT2D eigenvalue weighted by molar-refractivity contribution is -0.937. The van der Waals surface area contributed by atoms with Gasteiger partial charge in [-0.05, 0) is 36.6 Å². The fourth-order valence-corrected chi connectivity index (χ4v) is 4.35. The molecular weight excluding hydrogens is 260 g/mol. The van der Waals surface area contributed by atoms with Crippen LogP contribution < -0.4 is 10.1 Å². The van der Waals surface area contributed by atoms with Gasteiger partial charge in [0.15, 0.2) is 0 Å². The fourth-order valence-electron chi connectivity index (χ4n) is 4.35. The molecular formula is C18H29N2O+. The van der Waals surface area contributed by atoms with Crippen molar-refractivity contribution in [2.75, 3.05) is 39.8 Å². The molecule has 1 N–H and O–H groups in total. The maximum absolute atomic E-state index is 5.66. The van der Waals surface area contributed by atoms with E-state index in [4.69, 9.17) is 4.74 Å². The summed E-state index contributed by atoms with van der Waals surface area (Å²) in [4.78, 5) is 0. The van der Waals surface area contributed by atoms with Crippen LogP contribution in [0.5, 0.6) is 5.75 Å². The lowest BCUT2D eigenvalue weighted by atomic mass is 9.78. The van der Waals surface area contributed by atoms with Crippen LogP contribution >= 0.6 is 0 Å². The highest BCUT2D eigenvalue weighted by Gasteiger charge is 2.40. The molecule has 2 unspecified atom stereocenters. The molecule has 1 saturated heterocycles. The van der Waals surface area contributed by atoms with Crippen LogP contribution in [0, 0.1) is 0 Å². The quantitative estimate of drug-likeness (QED) is 0.864. The Morgan fingerprint density at radius 1 is 1.29 bits per heavy atom. The zero-order chi connectivity index (χ0) is 14.9. The SMILES string of the molecule is CCOc1ccc2c(c1)CCC([N+]1(C)CCNCC1)C2C. The molecule has 0 spiro atoms. The number of nitrogens with one attached hydrogen (secondary N) is 1. The highest BCUT2D eigenvalue weighted by Crippen LogP contribution is 2.38. The molecule has 3 nitrogen and oxygen atoms in total. The smallest absolute Gasteiger partial charge is 0.119 e. The van der Waals surface area contributed by atoms with Crippen molar-refractivity contribution in [3.05, 3.63) is 29.3 Å². The van der Waals surface area contributed by atoms with Gasteiger partial charge in [-0.2, -0.15) is 0 Å². The second kappa shape index (κ2) is 5.98. The standard InChI is InChI=1S/C18H29N2O/c1-4-21-16-6-7-17-14(2)18(8-5-15(17)13-16)20(3)11-9-19-10-12-20/h6-7,13-14,18-19H,4-5,8-12H2,1-3H3/q+1. The first kappa shape index (κ1) is 14.9. The third-order valence-corrected chi connectivity index (χ3v) is 5.60. The summed E-state index contributed by atoms with van der Waals surface area (Å²) in [5.74, 6) is 1.68. The molecule has 0 aromatic heterocycles. The first-order valence-corrected chi connectivity index (χ1v) is 8.44. The monoisotopic (exact) mass is 289 g/mol. The Balaban J connectivity index is 1.83. The van der Waals surface area contributed by atoms with E-state index in [1.807, 2.05) is 6.92 Å². The Labute approximate surface area is 128 Å². The summed E-state index contributed by atoms with van der Waals surface area (Å²) in [6.45, 7) is 10.1. The van der Waals surface area contributed by atoms with Gasteiger partial charge in [-0.1, -0.05) is 13.0 Å². The molecule has 21 heavy (non-hydrogen) atoms. The van der Waals surface area contributed by atoms with Crippen LogP contribution in [-0.2, 0) is 6.42 Å². The number of nitrogens with zero attached hydrogens (tertiary/aromatic N) is 1. The van der Waals surface area contributed by atoms with E-state index < -0.39 is 0 Å². The van der Waals surface area contributed by atoms with Crippen LogP contribution in [0.4, 0.5) is 0 Å². The number of benzene rings is 1. The Morgan fingerprint density at radius 2 is 2.05 bits per heavy atom. The number of hydrogen-bond donors (Lipinski definition) is 1. The summed E-state index contributed by atoms with van der Waals surface area (Å²) in [7, 11) is 2.46. The van der Waals surface area contributed by atoms with E-state index in [0.717, 1.165) is 31.5 Å². The minimum absolute atomic E-state index is 0.646. The number of hydrogen-bond acceptors (Lipinski definition) is 2. The van der Waals surface area contributed by atoms with E-state index in [2.05, 4.69) is 37.5 Å². The van der Waals surface area contributed by atoms with Crippen molar-refractivity contribution in [1.29, 1.82) is 0 Å². The largest absolute Gasteiger partial charge is 0.494 e. The number of rotatable bonds is 3. The van der Waals surface area contributed by atoms with E-state index in [-0.39, 0.29) is 0 Å². The predicted molar refractivity (Wildman–Crippen MR) is 86.9 cm³/mol. The molecule has 0 bridgehead atoms. The summed E-state index contributed by atoms with van der Waals surface area (Å²) in [5, 5.41) is 3.50. The lowest BCUT2D eigenvalue weighted by Crippen LogP contribution is -2.63. The lowest BCUT2D eigenvalue weighted by Gasteiger charge is -2.48. The van der Waals surface area contributed by atoms with Gasteiger partial charge in [-0.3, -0.25) is 0 Å². The molecule has 0 saturated carbocycles. The average Bonchev–Trinajstić information content (AvgIpc) is 2.48. The summed E-state index contributed by atoms with van der Waals surface area (Å²) in [6, 6.07) is 7.49. The molecule has 0 amide bonds. The van der Waals surface area contributed by atoms with E-state index in [1.54, 1.807) is 5.56 Å². The van der Waals surface area contributed by atoms with Crippen LogP contribution in [0.1, 0.15) is 37.3 Å². The van der Waals surface area contributed by atoms with Crippen LogP contribution in [0.2, 0.25) is 0 Å². The molecule has 3 rings (SSSR count). The maximum Gasteiger partial charge on any atom is 0.119 e. The molecule has 1 aromatic rings. The summed E-state index contributed by atoms with van der Waals surface area (Å²) < 4.78 is 6.89. The predicted octanol–water partition coefficient (Wildman–Crippen LogP) is 2.55. The highest BCUT2D eigenvalue weighted by atomic mass is 16.5. The normalized spacial score (nSPS) is 28.0. The van der Waals surface area contributed by atoms with Crippen molar-refractivity contribution in [1.82, 2.24) is 5.32 Å². The van der Waals surface area contributed by atoms with Crippen molar-refractivity contribution >= 4 is 0 Å². The summed E-state index contributed by atoms with van der Waals surface area (Å²) >= 11 is 0. The van der Waals surface area contributed by atoms with Gasteiger partial charge < -0.3 is 14.5 Å². The third-order valence-electron chi connectivity index (χ3n) is 5.60. The molecule has 3 heteroatoms. The molecule has 1 aromatic carbocycles. The van der Waals surface area contributed by atoms with Gasteiger partial charge in [0.05, 0.1) is 32.8 Å². The van der Waals surface area contributed by atoms with Gasteiger partial charge in [0, 0.05) is 25.4 Å². The topological polar surface area (TPSA) is 21.3 Å². The summed E-state index contributed by atoms with van der Waals surface area (Å²) in [6.07, 6.45) is 2.51. The fraction of sp³-hybridized carbons (Fsp3) is 0.667. The molecule has 1 aliphatic carbocycles. The molecule has 1 heterocycles. The van der Waals surface area contributed by atoms with Crippen LogP contribution in [0.3, 0.4) is 0 Å². The van der Waals surface area contributed by atoms with Gasteiger partial charge in [0.25, 0.3) is 0 Å². The first-order chi connectivity index (χ1) is 10.1. The second-order valence-corrected chi connectivity index (χ2v) is 6.86. The molecule has 116 valence electrons. The summed E-state index contributed by atoms with van der Waals surface area (Å²) in [5.41, 5.74) is 3.05. The van der Waals surface area contributed by atoms with Crippen molar-refractivity contribution < 1.29 is 9.22 Å². The second-order valence-electron chi connectivity index (χ2n) is 6.86. The molecule has 1 fully saturated rings. The van der Waals surface area contributed by atoms with Crippen molar-refractivity contribution in [2.24, 2.45) is 0 Å².